The molecule has 0 aliphatic carbocycles. The summed E-state index contributed by atoms with van der Waals surface area (Å²) in [5.74, 6) is -0.446. The summed E-state index contributed by atoms with van der Waals surface area (Å²) in [4.78, 5) is 23.5. The molecule has 2 amide bonds. The van der Waals surface area contributed by atoms with Crippen LogP contribution in [0.25, 0.3) is 0 Å². The van der Waals surface area contributed by atoms with Crippen molar-refractivity contribution >= 4 is 50.8 Å². The standard InChI is InChI=1S/C15H14BrN3O3S/c1-2-17-13(20)9-3-5-10(6-4-9)18-15(23)19-14(21)11-7-8-12(16)22-11/h3-8H,2H2,1H3,(H,17,20)(H2,18,19,21,23). The van der Waals surface area contributed by atoms with Crippen LogP contribution in [-0.4, -0.2) is 23.5 Å². The van der Waals surface area contributed by atoms with Gasteiger partial charge in [-0.05, 0) is 71.5 Å². The van der Waals surface area contributed by atoms with E-state index in [-0.39, 0.29) is 16.8 Å². The van der Waals surface area contributed by atoms with E-state index < -0.39 is 5.91 Å². The normalized spacial score (nSPS) is 10.0. The Morgan fingerprint density at radius 1 is 1.13 bits per heavy atom. The quantitative estimate of drug-likeness (QED) is 0.693. The second kappa shape index (κ2) is 7.89. The van der Waals surface area contributed by atoms with Gasteiger partial charge >= 0.3 is 0 Å². The zero-order valence-corrected chi connectivity index (χ0v) is 14.6. The van der Waals surface area contributed by atoms with Crippen molar-refractivity contribution in [3.05, 3.63) is 52.4 Å². The third kappa shape index (κ3) is 4.90. The molecule has 0 saturated carbocycles. The topological polar surface area (TPSA) is 83.4 Å². The fraction of sp³-hybridized carbons (Fsp3) is 0.133. The Morgan fingerprint density at radius 3 is 2.39 bits per heavy atom. The Balaban J connectivity index is 1.92. The van der Waals surface area contributed by atoms with E-state index in [0.29, 0.717) is 22.5 Å². The number of halogens is 1. The highest BCUT2D eigenvalue weighted by atomic mass is 79.9. The molecule has 0 bridgehead atoms. The third-order valence-corrected chi connectivity index (χ3v) is 3.40. The van der Waals surface area contributed by atoms with Gasteiger partial charge in [0.15, 0.2) is 15.5 Å². The maximum atomic E-state index is 11.9. The molecule has 1 aromatic heterocycles. The van der Waals surface area contributed by atoms with Gasteiger partial charge in [0.25, 0.3) is 11.8 Å². The lowest BCUT2D eigenvalue weighted by molar-refractivity contribution is 0.0944. The summed E-state index contributed by atoms with van der Waals surface area (Å²) in [5, 5.41) is 8.21. The average Bonchev–Trinajstić information content (AvgIpc) is 2.95. The molecule has 0 unspecified atom stereocenters. The van der Waals surface area contributed by atoms with Crippen molar-refractivity contribution in [3.63, 3.8) is 0 Å². The van der Waals surface area contributed by atoms with Crippen LogP contribution >= 0.6 is 28.1 Å². The lowest BCUT2D eigenvalue weighted by Gasteiger charge is -2.09. The van der Waals surface area contributed by atoms with Crippen molar-refractivity contribution in [2.45, 2.75) is 6.92 Å². The molecule has 0 aliphatic rings. The van der Waals surface area contributed by atoms with Crippen molar-refractivity contribution in [2.75, 3.05) is 11.9 Å². The minimum absolute atomic E-state index is 0.133. The number of carbonyl (C=O) groups excluding carboxylic acids is 2. The second-order valence-electron chi connectivity index (χ2n) is 4.45. The Hall–Kier alpha value is -2.19. The van der Waals surface area contributed by atoms with Gasteiger partial charge in [-0.1, -0.05) is 0 Å². The van der Waals surface area contributed by atoms with Crippen molar-refractivity contribution in [1.29, 1.82) is 0 Å². The molecule has 8 heteroatoms. The van der Waals surface area contributed by atoms with Crippen LogP contribution in [-0.2, 0) is 0 Å². The molecule has 23 heavy (non-hydrogen) atoms. The number of carbonyl (C=O) groups is 2. The number of furan rings is 1. The van der Waals surface area contributed by atoms with Crippen LogP contribution in [0.15, 0.2) is 45.5 Å². The van der Waals surface area contributed by atoms with Gasteiger partial charge in [-0.25, -0.2) is 0 Å². The van der Waals surface area contributed by atoms with Gasteiger partial charge in [0, 0.05) is 17.8 Å². The minimum atomic E-state index is -0.452. The van der Waals surface area contributed by atoms with E-state index in [2.05, 4.69) is 31.9 Å². The molecule has 2 rings (SSSR count). The second-order valence-corrected chi connectivity index (χ2v) is 5.64. The molecule has 0 spiro atoms. The maximum Gasteiger partial charge on any atom is 0.293 e. The third-order valence-electron chi connectivity index (χ3n) is 2.77. The molecule has 6 nitrogen and oxygen atoms in total. The fourth-order valence-corrected chi connectivity index (χ4v) is 2.25. The lowest BCUT2D eigenvalue weighted by atomic mass is 10.2. The highest BCUT2D eigenvalue weighted by Crippen LogP contribution is 2.14. The van der Waals surface area contributed by atoms with E-state index in [4.69, 9.17) is 16.6 Å². The highest BCUT2D eigenvalue weighted by Gasteiger charge is 2.12. The van der Waals surface area contributed by atoms with Gasteiger partial charge < -0.3 is 15.1 Å². The molecule has 0 aliphatic heterocycles. The summed E-state index contributed by atoms with van der Waals surface area (Å²) in [6, 6.07) is 9.89. The van der Waals surface area contributed by atoms with Gasteiger partial charge in [0.2, 0.25) is 0 Å². The number of thiocarbonyl (C=S) groups is 1. The van der Waals surface area contributed by atoms with E-state index in [1.54, 1.807) is 30.3 Å². The van der Waals surface area contributed by atoms with Crippen molar-refractivity contribution in [2.24, 2.45) is 0 Å². The molecular weight excluding hydrogens is 382 g/mol. The zero-order chi connectivity index (χ0) is 16.8. The average molecular weight is 396 g/mol. The smallest absolute Gasteiger partial charge is 0.293 e. The number of hydrogen-bond acceptors (Lipinski definition) is 4. The van der Waals surface area contributed by atoms with Crippen LogP contribution < -0.4 is 16.0 Å². The molecule has 0 radical (unpaired) electrons. The molecular formula is C15H14BrN3O3S. The monoisotopic (exact) mass is 395 g/mol. The molecule has 0 atom stereocenters. The van der Waals surface area contributed by atoms with Crippen LogP contribution in [0.5, 0.6) is 0 Å². The van der Waals surface area contributed by atoms with Crippen LogP contribution in [0.3, 0.4) is 0 Å². The van der Waals surface area contributed by atoms with E-state index in [1.165, 1.54) is 6.07 Å². The first-order chi connectivity index (χ1) is 11.0. The Labute approximate surface area is 146 Å². The predicted molar refractivity (Wildman–Crippen MR) is 94.5 cm³/mol. The summed E-state index contributed by atoms with van der Waals surface area (Å²) in [5.41, 5.74) is 1.21. The summed E-state index contributed by atoms with van der Waals surface area (Å²) in [6.45, 7) is 2.42. The van der Waals surface area contributed by atoms with Crippen molar-refractivity contribution in [3.8, 4) is 0 Å². The molecule has 0 fully saturated rings. The SMILES string of the molecule is CCNC(=O)c1ccc(NC(=S)NC(=O)c2ccc(Br)o2)cc1. The van der Waals surface area contributed by atoms with Crippen LogP contribution in [0.1, 0.15) is 27.8 Å². The number of benzene rings is 1. The van der Waals surface area contributed by atoms with E-state index in [1.807, 2.05) is 6.92 Å². The van der Waals surface area contributed by atoms with Crippen molar-refractivity contribution in [1.82, 2.24) is 10.6 Å². The lowest BCUT2D eigenvalue weighted by Crippen LogP contribution is -2.33. The first-order valence-electron chi connectivity index (χ1n) is 6.75. The predicted octanol–water partition coefficient (Wildman–Crippen LogP) is 2.92. The maximum absolute atomic E-state index is 11.9. The van der Waals surface area contributed by atoms with Crippen LogP contribution in [0.2, 0.25) is 0 Å². The molecule has 120 valence electrons. The largest absolute Gasteiger partial charge is 0.444 e. The molecule has 1 heterocycles. The molecule has 3 N–H and O–H groups in total. The van der Waals surface area contributed by atoms with Gasteiger partial charge in [-0.3, -0.25) is 14.9 Å². The summed E-state index contributed by atoms with van der Waals surface area (Å²) >= 11 is 8.19. The van der Waals surface area contributed by atoms with Crippen LogP contribution in [0.4, 0.5) is 5.69 Å². The van der Waals surface area contributed by atoms with Gasteiger partial charge in [0.1, 0.15) is 0 Å². The minimum Gasteiger partial charge on any atom is -0.444 e. The van der Waals surface area contributed by atoms with Gasteiger partial charge in [0.05, 0.1) is 0 Å². The fourth-order valence-electron chi connectivity index (χ4n) is 1.73. The van der Waals surface area contributed by atoms with Crippen LogP contribution in [0, 0.1) is 0 Å². The Kier molecular flexibility index (Phi) is 5.89. The number of nitrogens with one attached hydrogen (secondary N) is 3. The summed E-state index contributed by atoms with van der Waals surface area (Å²) in [7, 11) is 0. The highest BCUT2D eigenvalue weighted by molar-refractivity contribution is 9.10. The molecule has 2 aromatic rings. The molecule has 1 aromatic carbocycles. The van der Waals surface area contributed by atoms with Gasteiger partial charge in [-0.2, -0.15) is 0 Å². The summed E-state index contributed by atoms with van der Waals surface area (Å²) in [6.07, 6.45) is 0. The summed E-state index contributed by atoms with van der Waals surface area (Å²) < 4.78 is 5.59. The van der Waals surface area contributed by atoms with Crippen molar-refractivity contribution < 1.29 is 14.0 Å². The van der Waals surface area contributed by atoms with E-state index in [9.17, 15) is 9.59 Å². The molecule has 0 saturated heterocycles. The Morgan fingerprint density at radius 2 is 1.83 bits per heavy atom. The number of anilines is 1. The Bertz CT molecular complexity index is 728. The number of amides is 2. The zero-order valence-electron chi connectivity index (χ0n) is 12.2. The van der Waals surface area contributed by atoms with Gasteiger partial charge in [-0.15, -0.1) is 0 Å². The number of rotatable bonds is 4. The first kappa shape index (κ1) is 17.2. The van der Waals surface area contributed by atoms with E-state index in [0.717, 1.165) is 0 Å². The van der Waals surface area contributed by atoms with E-state index >= 15 is 0 Å². The number of hydrogen-bond donors (Lipinski definition) is 3. The first-order valence-corrected chi connectivity index (χ1v) is 7.95.